The van der Waals surface area contributed by atoms with Gasteiger partial charge in [-0.3, -0.25) is 14.4 Å². The minimum Gasteiger partial charge on any atom is -0.462 e. The number of hydrogen-bond donors (Lipinski definition) is 0. The average molecular weight is 1100 g/mol. The van der Waals surface area contributed by atoms with Crippen LogP contribution >= 0.6 is 0 Å². The fourth-order valence-electron chi connectivity index (χ4n) is 9.02. The first kappa shape index (κ1) is 74.8. The zero-order chi connectivity index (χ0) is 57.1. The van der Waals surface area contributed by atoms with Gasteiger partial charge in [-0.05, 0) is 116 Å². The van der Waals surface area contributed by atoms with Crippen LogP contribution in [0, 0.1) is 0 Å². The number of carbonyl (C=O) groups is 3. The van der Waals surface area contributed by atoms with Crippen LogP contribution in [-0.2, 0) is 28.6 Å². The number of hydrogen-bond acceptors (Lipinski definition) is 6. The molecule has 0 aromatic heterocycles. The Kier molecular flexibility index (Phi) is 62.8. The van der Waals surface area contributed by atoms with E-state index in [0.717, 1.165) is 122 Å². The SMILES string of the molecule is CC/C=C\C/C=C\C/C=C\C/C=C\C/C=C\C/C=C\C/C=C\C/C=C\CCCCC(=O)OC(COC(=O)CCCCCCC)COC(=O)CCCCCCCCCCCCCCCCCCC/C=C\C/C=C\CCCCCCC. The molecular formula is C73H122O6. The third-order valence-corrected chi connectivity index (χ3v) is 14.0. The second kappa shape index (κ2) is 66.3. The summed E-state index contributed by atoms with van der Waals surface area (Å²) in [5, 5.41) is 0. The van der Waals surface area contributed by atoms with Gasteiger partial charge in [0.25, 0.3) is 0 Å². The van der Waals surface area contributed by atoms with Crippen molar-refractivity contribution in [3.8, 4) is 0 Å². The second-order valence-corrected chi connectivity index (χ2v) is 21.6. The first-order chi connectivity index (χ1) is 39.0. The Labute approximate surface area is 488 Å². The maximum absolute atomic E-state index is 12.8. The van der Waals surface area contributed by atoms with Crippen molar-refractivity contribution in [2.24, 2.45) is 0 Å². The lowest BCUT2D eigenvalue weighted by molar-refractivity contribution is -0.167. The van der Waals surface area contributed by atoms with E-state index in [2.05, 4.69) is 142 Å². The minimum absolute atomic E-state index is 0.0962. The molecule has 0 aliphatic heterocycles. The Balaban J connectivity index is 4.11. The Hall–Kier alpha value is -4.19. The van der Waals surface area contributed by atoms with E-state index in [1.807, 2.05) is 0 Å². The Bertz CT molecular complexity index is 1640. The van der Waals surface area contributed by atoms with Crippen molar-refractivity contribution in [2.45, 2.75) is 309 Å². The number of allylic oxidation sites excluding steroid dienone is 20. The van der Waals surface area contributed by atoms with Gasteiger partial charge in [-0.2, -0.15) is 0 Å². The summed E-state index contributed by atoms with van der Waals surface area (Å²) in [7, 11) is 0. The van der Waals surface area contributed by atoms with Gasteiger partial charge in [0.05, 0.1) is 0 Å². The van der Waals surface area contributed by atoms with Crippen LogP contribution in [0.4, 0.5) is 0 Å². The van der Waals surface area contributed by atoms with Gasteiger partial charge < -0.3 is 14.2 Å². The Morgan fingerprint density at radius 1 is 0.266 bits per heavy atom. The molecule has 79 heavy (non-hydrogen) atoms. The van der Waals surface area contributed by atoms with Crippen LogP contribution in [0.1, 0.15) is 303 Å². The van der Waals surface area contributed by atoms with Crippen LogP contribution in [0.25, 0.3) is 0 Å². The van der Waals surface area contributed by atoms with Gasteiger partial charge in [0.15, 0.2) is 6.10 Å². The van der Waals surface area contributed by atoms with Gasteiger partial charge in [0, 0.05) is 19.3 Å². The molecule has 0 saturated heterocycles. The molecule has 0 aromatic rings. The molecule has 0 heterocycles. The van der Waals surface area contributed by atoms with Crippen LogP contribution in [0.15, 0.2) is 122 Å². The van der Waals surface area contributed by atoms with E-state index in [-0.39, 0.29) is 37.5 Å². The van der Waals surface area contributed by atoms with Crippen molar-refractivity contribution in [2.75, 3.05) is 13.2 Å². The molecule has 6 heteroatoms. The fourth-order valence-corrected chi connectivity index (χ4v) is 9.02. The smallest absolute Gasteiger partial charge is 0.306 e. The molecule has 0 aliphatic carbocycles. The van der Waals surface area contributed by atoms with E-state index in [1.165, 1.54) is 135 Å². The van der Waals surface area contributed by atoms with Crippen LogP contribution in [0.3, 0.4) is 0 Å². The highest BCUT2D eigenvalue weighted by atomic mass is 16.6. The van der Waals surface area contributed by atoms with Crippen LogP contribution in [-0.4, -0.2) is 37.2 Å². The van der Waals surface area contributed by atoms with Crippen molar-refractivity contribution in [1.82, 2.24) is 0 Å². The monoisotopic (exact) mass is 1090 g/mol. The van der Waals surface area contributed by atoms with Crippen LogP contribution < -0.4 is 0 Å². The second-order valence-electron chi connectivity index (χ2n) is 21.6. The molecule has 0 radical (unpaired) electrons. The zero-order valence-corrected chi connectivity index (χ0v) is 51.6. The van der Waals surface area contributed by atoms with Crippen molar-refractivity contribution in [3.63, 3.8) is 0 Å². The number of ether oxygens (including phenoxy) is 3. The summed E-state index contributed by atoms with van der Waals surface area (Å²) in [6.07, 6.45) is 92.7. The normalized spacial score (nSPS) is 12.9. The molecule has 0 amide bonds. The third-order valence-electron chi connectivity index (χ3n) is 14.0. The summed E-state index contributed by atoms with van der Waals surface area (Å²) in [4.78, 5) is 37.9. The maximum atomic E-state index is 12.8. The molecule has 1 atom stereocenters. The number of carbonyl (C=O) groups excluding carboxylic acids is 3. The summed E-state index contributed by atoms with van der Waals surface area (Å²) >= 11 is 0. The predicted octanol–water partition coefficient (Wildman–Crippen LogP) is 22.8. The molecule has 0 bridgehead atoms. The zero-order valence-electron chi connectivity index (χ0n) is 51.6. The summed E-state index contributed by atoms with van der Waals surface area (Å²) < 4.78 is 16.7. The van der Waals surface area contributed by atoms with E-state index in [0.29, 0.717) is 19.3 Å². The molecule has 0 aliphatic rings. The largest absolute Gasteiger partial charge is 0.462 e. The fraction of sp³-hybridized carbons (Fsp3) is 0.685. The highest BCUT2D eigenvalue weighted by molar-refractivity contribution is 5.71. The Morgan fingerprint density at radius 2 is 0.494 bits per heavy atom. The molecule has 6 nitrogen and oxygen atoms in total. The quantitative estimate of drug-likeness (QED) is 0.0261. The number of rotatable bonds is 59. The highest BCUT2D eigenvalue weighted by Crippen LogP contribution is 2.16. The van der Waals surface area contributed by atoms with Crippen molar-refractivity contribution >= 4 is 17.9 Å². The molecule has 0 saturated carbocycles. The molecule has 0 fully saturated rings. The lowest BCUT2D eigenvalue weighted by atomic mass is 10.0. The van der Waals surface area contributed by atoms with Gasteiger partial charge >= 0.3 is 17.9 Å². The molecule has 450 valence electrons. The highest BCUT2D eigenvalue weighted by Gasteiger charge is 2.19. The summed E-state index contributed by atoms with van der Waals surface area (Å²) in [5.41, 5.74) is 0. The Morgan fingerprint density at radius 3 is 0.797 bits per heavy atom. The van der Waals surface area contributed by atoms with E-state index >= 15 is 0 Å². The average Bonchev–Trinajstić information content (AvgIpc) is 3.45. The summed E-state index contributed by atoms with van der Waals surface area (Å²) in [6.45, 7) is 6.41. The van der Waals surface area contributed by atoms with Crippen molar-refractivity contribution < 1.29 is 28.6 Å². The van der Waals surface area contributed by atoms with Crippen LogP contribution in [0.5, 0.6) is 0 Å². The topological polar surface area (TPSA) is 78.9 Å². The van der Waals surface area contributed by atoms with Gasteiger partial charge in [0.2, 0.25) is 0 Å². The molecule has 0 spiro atoms. The maximum Gasteiger partial charge on any atom is 0.306 e. The lowest BCUT2D eigenvalue weighted by Crippen LogP contribution is -2.30. The predicted molar refractivity (Wildman–Crippen MR) is 343 cm³/mol. The molecular weight excluding hydrogens is 973 g/mol. The molecule has 0 rings (SSSR count). The minimum atomic E-state index is -0.801. The lowest BCUT2D eigenvalue weighted by Gasteiger charge is -2.18. The number of unbranched alkanes of at least 4 members (excludes halogenated alkanes) is 28. The van der Waals surface area contributed by atoms with Crippen molar-refractivity contribution in [1.29, 1.82) is 0 Å². The van der Waals surface area contributed by atoms with Gasteiger partial charge in [-0.15, -0.1) is 0 Å². The van der Waals surface area contributed by atoms with Gasteiger partial charge in [0.1, 0.15) is 13.2 Å². The number of esters is 3. The van der Waals surface area contributed by atoms with E-state index < -0.39 is 6.10 Å². The van der Waals surface area contributed by atoms with E-state index in [1.54, 1.807) is 0 Å². The first-order valence-electron chi connectivity index (χ1n) is 33.0. The third kappa shape index (κ3) is 64.5. The van der Waals surface area contributed by atoms with E-state index in [4.69, 9.17) is 14.2 Å². The molecule has 0 aromatic carbocycles. The van der Waals surface area contributed by atoms with Crippen LogP contribution in [0.2, 0.25) is 0 Å². The standard InChI is InChI=1S/C73H122O6/c1-4-7-10-13-15-17-19-21-23-25-27-29-31-33-35-36-38-39-41-43-45-47-49-51-53-55-57-60-63-66-72(75)78-69-70(68-77-71(74)65-62-59-12-9-6-3)79-73(76)67-64-61-58-56-54-52-50-48-46-44-42-40-37-34-32-30-28-26-24-22-20-18-16-14-11-8-5-2/h8,11,16,18-19,21-22,24-25,27-28,30,34,37,42,44,48,50,54,56,70H,4-7,9-10,12-15,17,20,23,26,29,31-33,35-36,38-41,43,45-47,49,51-53,55,57-69H2,1-3H3/b11-8-,18-16-,21-19-,24-22-,27-25-,30-28-,37-34-,44-42-,50-48-,56-54-. The first-order valence-corrected chi connectivity index (χ1v) is 33.0. The van der Waals surface area contributed by atoms with Gasteiger partial charge in [-0.1, -0.05) is 290 Å². The molecule has 1 unspecified atom stereocenters. The van der Waals surface area contributed by atoms with E-state index in [9.17, 15) is 14.4 Å². The van der Waals surface area contributed by atoms with Gasteiger partial charge in [-0.25, -0.2) is 0 Å². The summed E-state index contributed by atoms with van der Waals surface area (Å²) in [6, 6.07) is 0. The molecule has 0 N–H and O–H groups in total. The van der Waals surface area contributed by atoms with Crippen molar-refractivity contribution in [3.05, 3.63) is 122 Å². The summed E-state index contributed by atoms with van der Waals surface area (Å²) in [5.74, 6) is -0.951.